The van der Waals surface area contributed by atoms with Crippen molar-refractivity contribution < 1.29 is 18.0 Å². The Labute approximate surface area is 175 Å². The summed E-state index contributed by atoms with van der Waals surface area (Å²) >= 11 is 5.81. The van der Waals surface area contributed by atoms with Crippen LogP contribution in [-0.2, 0) is 26.0 Å². The lowest BCUT2D eigenvalue weighted by atomic mass is 10.1. The molecule has 1 atom stereocenters. The van der Waals surface area contributed by atoms with Gasteiger partial charge < -0.3 is 0 Å². The quantitative estimate of drug-likeness (QED) is 0.524. The minimum atomic E-state index is -3.98. The van der Waals surface area contributed by atoms with Gasteiger partial charge in [-0.3, -0.25) is 20.4 Å². The van der Waals surface area contributed by atoms with Crippen LogP contribution in [0.3, 0.4) is 0 Å². The van der Waals surface area contributed by atoms with Crippen LogP contribution in [0.1, 0.15) is 31.7 Å². The standard InChI is InChI=1S/C20H24ClN3O4S/c1-2-3-9-19(25)22-23-20(26)18(14-15-7-5-4-6-8-15)24-29(27,28)17-12-10-16(21)11-13-17/h4-8,10-13,18,24H,2-3,9,14H2,1H3,(H,22,25)(H,23,26). The molecule has 0 fully saturated rings. The average Bonchev–Trinajstić information content (AvgIpc) is 2.71. The molecule has 0 aliphatic carbocycles. The van der Waals surface area contributed by atoms with Gasteiger partial charge in [-0.15, -0.1) is 0 Å². The highest BCUT2D eigenvalue weighted by Gasteiger charge is 2.26. The van der Waals surface area contributed by atoms with Crippen molar-refractivity contribution in [3.05, 3.63) is 65.2 Å². The fourth-order valence-electron chi connectivity index (χ4n) is 2.53. The maximum absolute atomic E-state index is 12.7. The van der Waals surface area contributed by atoms with E-state index in [9.17, 15) is 18.0 Å². The molecule has 29 heavy (non-hydrogen) atoms. The number of sulfonamides is 1. The third kappa shape index (κ3) is 7.49. The summed E-state index contributed by atoms with van der Waals surface area (Å²) in [6, 6.07) is 13.5. The molecule has 0 aliphatic rings. The molecule has 0 bridgehead atoms. The number of nitrogens with one attached hydrogen (secondary N) is 3. The molecule has 0 saturated heterocycles. The van der Waals surface area contributed by atoms with E-state index in [-0.39, 0.29) is 23.6 Å². The number of benzene rings is 2. The zero-order valence-electron chi connectivity index (χ0n) is 16.0. The van der Waals surface area contributed by atoms with Crippen LogP contribution >= 0.6 is 11.6 Å². The van der Waals surface area contributed by atoms with Gasteiger partial charge in [0.1, 0.15) is 6.04 Å². The van der Waals surface area contributed by atoms with Gasteiger partial charge >= 0.3 is 0 Å². The number of unbranched alkanes of at least 4 members (excludes halogenated alkanes) is 1. The highest BCUT2D eigenvalue weighted by atomic mass is 35.5. The van der Waals surface area contributed by atoms with Gasteiger partial charge in [0, 0.05) is 11.4 Å². The van der Waals surface area contributed by atoms with Gasteiger partial charge in [-0.05, 0) is 42.7 Å². The SMILES string of the molecule is CCCCC(=O)NNC(=O)C(Cc1ccccc1)NS(=O)(=O)c1ccc(Cl)cc1. The first-order valence-electron chi connectivity index (χ1n) is 9.22. The van der Waals surface area contributed by atoms with Crippen molar-refractivity contribution in [2.75, 3.05) is 0 Å². The van der Waals surface area contributed by atoms with E-state index in [4.69, 9.17) is 11.6 Å². The lowest BCUT2D eigenvalue weighted by molar-refractivity contribution is -0.129. The topological polar surface area (TPSA) is 104 Å². The van der Waals surface area contributed by atoms with Crippen molar-refractivity contribution >= 4 is 33.4 Å². The zero-order chi connectivity index (χ0) is 21.3. The van der Waals surface area contributed by atoms with E-state index in [1.165, 1.54) is 24.3 Å². The van der Waals surface area contributed by atoms with Crippen LogP contribution < -0.4 is 15.6 Å². The summed E-state index contributed by atoms with van der Waals surface area (Å²) in [4.78, 5) is 24.3. The number of hydrazine groups is 1. The minimum absolute atomic E-state index is 0.0141. The third-order valence-corrected chi connectivity index (χ3v) is 5.84. The lowest BCUT2D eigenvalue weighted by Gasteiger charge is -2.19. The fraction of sp³-hybridized carbons (Fsp3) is 0.300. The Morgan fingerprint density at radius 3 is 2.28 bits per heavy atom. The van der Waals surface area contributed by atoms with E-state index in [0.29, 0.717) is 11.4 Å². The molecule has 2 aromatic carbocycles. The largest absolute Gasteiger partial charge is 0.273 e. The van der Waals surface area contributed by atoms with Crippen molar-refractivity contribution in [1.82, 2.24) is 15.6 Å². The molecule has 0 heterocycles. The second-order valence-electron chi connectivity index (χ2n) is 6.46. The molecule has 156 valence electrons. The van der Waals surface area contributed by atoms with Crippen LogP contribution in [0.15, 0.2) is 59.5 Å². The molecule has 0 saturated carbocycles. The van der Waals surface area contributed by atoms with E-state index in [1.807, 2.05) is 13.0 Å². The molecule has 1 unspecified atom stereocenters. The zero-order valence-corrected chi connectivity index (χ0v) is 17.6. The van der Waals surface area contributed by atoms with Gasteiger partial charge in [0.25, 0.3) is 5.91 Å². The molecular weight excluding hydrogens is 414 g/mol. The van der Waals surface area contributed by atoms with E-state index >= 15 is 0 Å². The van der Waals surface area contributed by atoms with Crippen LogP contribution in [0, 0.1) is 0 Å². The number of hydrogen-bond donors (Lipinski definition) is 3. The first-order chi connectivity index (χ1) is 13.8. The molecule has 2 rings (SSSR count). The molecule has 0 spiro atoms. The Morgan fingerprint density at radius 2 is 1.66 bits per heavy atom. The second-order valence-corrected chi connectivity index (χ2v) is 8.61. The van der Waals surface area contributed by atoms with Crippen molar-refractivity contribution in [3.63, 3.8) is 0 Å². The van der Waals surface area contributed by atoms with E-state index in [2.05, 4.69) is 15.6 Å². The molecule has 7 nitrogen and oxygen atoms in total. The maximum atomic E-state index is 12.7. The highest BCUT2D eigenvalue weighted by Crippen LogP contribution is 2.15. The Kier molecular flexibility index (Phi) is 8.63. The summed E-state index contributed by atoms with van der Waals surface area (Å²) in [5.74, 6) is -0.990. The molecular formula is C20H24ClN3O4S. The van der Waals surface area contributed by atoms with E-state index < -0.39 is 22.0 Å². The number of hydrogen-bond acceptors (Lipinski definition) is 4. The van der Waals surface area contributed by atoms with E-state index in [1.54, 1.807) is 24.3 Å². The number of carbonyl (C=O) groups is 2. The number of carbonyl (C=O) groups excluding carboxylic acids is 2. The summed E-state index contributed by atoms with van der Waals surface area (Å²) < 4.78 is 27.8. The van der Waals surface area contributed by atoms with Gasteiger partial charge in [0.15, 0.2) is 0 Å². The van der Waals surface area contributed by atoms with Crippen LogP contribution in [0.4, 0.5) is 0 Å². The molecule has 0 radical (unpaired) electrons. The first-order valence-corrected chi connectivity index (χ1v) is 11.1. The van der Waals surface area contributed by atoms with Gasteiger partial charge in [0.05, 0.1) is 4.90 Å². The van der Waals surface area contributed by atoms with Crippen LogP contribution in [0.2, 0.25) is 5.02 Å². The summed E-state index contributed by atoms with van der Waals surface area (Å²) in [6.07, 6.45) is 1.93. The number of halogens is 1. The predicted octanol–water partition coefficient (Wildman–Crippen LogP) is 2.57. The Hall–Kier alpha value is -2.42. The number of amides is 2. The van der Waals surface area contributed by atoms with Crippen molar-refractivity contribution in [2.45, 2.75) is 43.5 Å². The number of rotatable bonds is 9. The monoisotopic (exact) mass is 437 g/mol. The molecule has 9 heteroatoms. The molecule has 0 aromatic heterocycles. The van der Waals surface area contributed by atoms with Gasteiger partial charge in [-0.2, -0.15) is 4.72 Å². The highest BCUT2D eigenvalue weighted by molar-refractivity contribution is 7.89. The van der Waals surface area contributed by atoms with Crippen molar-refractivity contribution in [1.29, 1.82) is 0 Å². The smallest absolute Gasteiger partial charge is 0.256 e. The average molecular weight is 438 g/mol. The summed E-state index contributed by atoms with van der Waals surface area (Å²) in [6.45, 7) is 1.95. The lowest BCUT2D eigenvalue weighted by Crippen LogP contribution is -2.53. The predicted molar refractivity (Wildman–Crippen MR) is 112 cm³/mol. The fourth-order valence-corrected chi connectivity index (χ4v) is 3.85. The normalized spacial score (nSPS) is 12.2. The molecule has 0 aliphatic heterocycles. The first kappa shape index (κ1) is 22.9. The molecule has 3 N–H and O–H groups in total. The summed E-state index contributed by atoms with van der Waals surface area (Å²) in [7, 11) is -3.98. The summed E-state index contributed by atoms with van der Waals surface area (Å²) in [5, 5.41) is 0.400. The Bertz CT molecular complexity index is 919. The van der Waals surface area contributed by atoms with Crippen molar-refractivity contribution in [3.8, 4) is 0 Å². The minimum Gasteiger partial charge on any atom is -0.273 e. The molecule has 2 amide bonds. The van der Waals surface area contributed by atoms with E-state index in [0.717, 1.165) is 12.0 Å². The van der Waals surface area contributed by atoms with Gasteiger partial charge in [0.2, 0.25) is 15.9 Å². The third-order valence-electron chi connectivity index (χ3n) is 4.10. The Morgan fingerprint density at radius 1 is 1.00 bits per heavy atom. The van der Waals surface area contributed by atoms with Crippen LogP contribution in [-0.4, -0.2) is 26.3 Å². The summed E-state index contributed by atoms with van der Waals surface area (Å²) in [5.41, 5.74) is 5.40. The van der Waals surface area contributed by atoms with Crippen LogP contribution in [0.25, 0.3) is 0 Å². The second kappa shape index (κ2) is 10.9. The molecule has 2 aromatic rings. The Balaban J connectivity index is 2.14. The van der Waals surface area contributed by atoms with Crippen LogP contribution in [0.5, 0.6) is 0 Å². The van der Waals surface area contributed by atoms with Crippen molar-refractivity contribution in [2.24, 2.45) is 0 Å². The van der Waals surface area contributed by atoms with Gasteiger partial charge in [-0.1, -0.05) is 55.3 Å². The maximum Gasteiger partial charge on any atom is 0.256 e. The van der Waals surface area contributed by atoms with Gasteiger partial charge in [-0.25, -0.2) is 8.42 Å².